The summed E-state index contributed by atoms with van der Waals surface area (Å²) in [6, 6.07) is 9.13. The molecule has 0 fully saturated rings. The number of methoxy groups -OCH3 is 2. The molecule has 0 aliphatic carbocycles. The molecule has 0 bridgehead atoms. The number of benzene rings is 2. The molecule has 0 atom stereocenters. The Balaban J connectivity index is 1.90. The average molecular weight is 390 g/mol. The van der Waals surface area contributed by atoms with E-state index in [-0.39, 0.29) is 11.5 Å². The number of halogens is 2. The van der Waals surface area contributed by atoms with Crippen molar-refractivity contribution in [3.05, 3.63) is 53.6 Å². The van der Waals surface area contributed by atoms with Crippen LogP contribution in [0.1, 0.15) is 0 Å². The lowest BCUT2D eigenvalue weighted by Gasteiger charge is -2.16. The van der Waals surface area contributed by atoms with E-state index >= 15 is 0 Å². The summed E-state index contributed by atoms with van der Waals surface area (Å²) in [5, 5.41) is 6.50. The molecule has 140 valence electrons. The van der Waals surface area contributed by atoms with Gasteiger partial charge in [-0.3, -0.25) is 0 Å². The summed E-state index contributed by atoms with van der Waals surface area (Å²) in [5.41, 5.74) is 7.64. The van der Waals surface area contributed by atoms with E-state index in [9.17, 15) is 4.39 Å². The van der Waals surface area contributed by atoms with Crippen LogP contribution in [0.15, 0.2) is 42.7 Å². The monoisotopic (exact) mass is 389 g/mol. The van der Waals surface area contributed by atoms with Gasteiger partial charge in [-0.05, 0) is 30.3 Å². The fourth-order valence-electron chi connectivity index (χ4n) is 2.35. The van der Waals surface area contributed by atoms with Gasteiger partial charge in [-0.25, -0.2) is 14.4 Å². The lowest BCUT2D eigenvalue weighted by Crippen LogP contribution is -2.06. The molecule has 0 spiro atoms. The molecule has 3 aromatic rings. The van der Waals surface area contributed by atoms with Crippen LogP contribution in [0.2, 0.25) is 5.02 Å². The van der Waals surface area contributed by atoms with Gasteiger partial charge in [-0.1, -0.05) is 11.6 Å². The number of hydrogen-bond donors (Lipinski definition) is 3. The van der Waals surface area contributed by atoms with Crippen molar-refractivity contribution in [2.45, 2.75) is 0 Å². The molecule has 1 heterocycles. The van der Waals surface area contributed by atoms with Crippen LogP contribution in [0.25, 0.3) is 0 Å². The van der Waals surface area contributed by atoms with E-state index in [2.05, 4.69) is 20.6 Å². The number of aromatic nitrogens is 2. The van der Waals surface area contributed by atoms with Crippen molar-refractivity contribution in [2.24, 2.45) is 0 Å². The summed E-state index contributed by atoms with van der Waals surface area (Å²) >= 11 is 6.19. The molecule has 0 amide bonds. The number of hydrogen-bond acceptors (Lipinski definition) is 7. The Morgan fingerprint density at radius 3 is 2.22 bits per heavy atom. The lowest BCUT2D eigenvalue weighted by molar-refractivity contribution is 0.396. The molecule has 9 heteroatoms. The standard InChI is InChI=1S/C18H17ClFN5O2/c1-26-14-8-15(27-2)13(7-12(14)19)25-18-16(21)17(22-9-23-18)24-11-5-3-10(20)4-6-11/h3-9H,21H2,1-2H3,(H2,22,23,24,25). The molecule has 0 saturated carbocycles. The molecule has 0 unspecified atom stereocenters. The van der Waals surface area contributed by atoms with Gasteiger partial charge in [-0.2, -0.15) is 0 Å². The molecule has 27 heavy (non-hydrogen) atoms. The summed E-state index contributed by atoms with van der Waals surface area (Å²) in [7, 11) is 3.04. The smallest absolute Gasteiger partial charge is 0.159 e. The zero-order valence-corrected chi connectivity index (χ0v) is 15.3. The van der Waals surface area contributed by atoms with Crippen molar-refractivity contribution in [1.29, 1.82) is 0 Å². The van der Waals surface area contributed by atoms with E-state index in [1.54, 1.807) is 24.3 Å². The van der Waals surface area contributed by atoms with Crippen LogP contribution in [0.4, 0.5) is 33.1 Å². The van der Waals surface area contributed by atoms with Crippen LogP contribution in [0, 0.1) is 5.82 Å². The Morgan fingerprint density at radius 1 is 0.963 bits per heavy atom. The van der Waals surface area contributed by atoms with Gasteiger partial charge in [-0.15, -0.1) is 0 Å². The summed E-state index contributed by atoms with van der Waals surface area (Å²) in [5.74, 6) is 1.38. The zero-order valence-electron chi connectivity index (χ0n) is 14.6. The number of ether oxygens (including phenoxy) is 2. The fourth-order valence-corrected chi connectivity index (χ4v) is 2.59. The molecule has 0 saturated heterocycles. The van der Waals surface area contributed by atoms with E-state index in [4.69, 9.17) is 26.8 Å². The second-order valence-corrected chi connectivity index (χ2v) is 5.84. The zero-order chi connectivity index (χ0) is 19.4. The molecular formula is C18H17ClFN5O2. The highest BCUT2D eigenvalue weighted by Crippen LogP contribution is 2.38. The first-order valence-electron chi connectivity index (χ1n) is 7.83. The van der Waals surface area contributed by atoms with Crippen LogP contribution >= 0.6 is 11.6 Å². The van der Waals surface area contributed by atoms with Crippen molar-refractivity contribution in [3.8, 4) is 11.5 Å². The Kier molecular flexibility index (Phi) is 5.46. The molecule has 4 N–H and O–H groups in total. The molecule has 2 aromatic carbocycles. The SMILES string of the molecule is COc1cc(OC)c(Nc2ncnc(Nc3ccc(F)cc3)c2N)cc1Cl. The third-order valence-electron chi connectivity index (χ3n) is 3.72. The quantitative estimate of drug-likeness (QED) is 0.576. The minimum atomic E-state index is -0.331. The number of nitrogen functional groups attached to an aromatic ring is 1. The fraction of sp³-hybridized carbons (Fsp3) is 0.111. The summed E-state index contributed by atoms with van der Waals surface area (Å²) in [6.45, 7) is 0. The summed E-state index contributed by atoms with van der Waals surface area (Å²) in [6.07, 6.45) is 1.35. The van der Waals surface area contributed by atoms with E-state index in [1.165, 1.54) is 32.7 Å². The third-order valence-corrected chi connectivity index (χ3v) is 4.01. The van der Waals surface area contributed by atoms with Gasteiger partial charge in [0.05, 0.1) is 24.9 Å². The van der Waals surface area contributed by atoms with Gasteiger partial charge in [0.2, 0.25) is 0 Å². The van der Waals surface area contributed by atoms with Crippen LogP contribution in [-0.2, 0) is 0 Å². The summed E-state index contributed by atoms with van der Waals surface area (Å²) in [4.78, 5) is 8.29. The first-order chi connectivity index (χ1) is 13.0. The van der Waals surface area contributed by atoms with Crippen molar-refractivity contribution in [1.82, 2.24) is 9.97 Å². The Bertz CT molecular complexity index is 953. The van der Waals surface area contributed by atoms with Gasteiger partial charge >= 0.3 is 0 Å². The van der Waals surface area contributed by atoms with Gasteiger partial charge in [0.1, 0.15) is 29.3 Å². The van der Waals surface area contributed by atoms with Crippen LogP contribution < -0.4 is 25.8 Å². The maximum Gasteiger partial charge on any atom is 0.159 e. The van der Waals surface area contributed by atoms with Gasteiger partial charge in [0, 0.05) is 11.8 Å². The number of rotatable bonds is 6. The molecule has 0 aliphatic rings. The predicted octanol–water partition coefficient (Wildman–Crippen LogP) is 4.36. The maximum absolute atomic E-state index is 13.0. The van der Waals surface area contributed by atoms with Crippen LogP contribution in [-0.4, -0.2) is 24.2 Å². The van der Waals surface area contributed by atoms with E-state index in [1.807, 2.05) is 0 Å². The van der Waals surface area contributed by atoms with Gasteiger partial charge in [0.25, 0.3) is 0 Å². The third kappa shape index (κ3) is 4.12. The van der Waals surface area contributed by atoms with Crippen molar-refractivity contribution in [3.63, 3.8) is 0 Å². The summed E-state index contributed by atoms with van der Waals surface area (Å²) < 4.78 is 23.6. The highest BCUT2D eigenvalue weighted by molar-refractivity contribution is 6.32. The normalized spacial score (nSPS) is 10.4. The highest BCUT2D eigenvalue weighted by atomic mass is 35.5. The minimum absolute atomic E-state index is 0.274. The number of nitrogens with one attached hydrogen (secondary N) is 2. The van der Waals surface area contributed by atoms with E-state index in [0.29, 0.717) is 39.5 Å². The maximum atomic E-state index is 13.0. The molecule has 1 aromatic heterocycles. The minimum Gasteiger partial charge on any atom is -0.495 e. The van der Waals surface area contributed by atoms with Crippen LogP contribution in [0.5, 0.6) is 11.5 Å². The largest absolute Gasteiger partial charge is 0.495 e. The molecule has 7 nitrogen and oxygen atoms in total. The first kappa shape index (κ1) is 18.5. The van der Waals surface area contributed by atoms with Crippen molar-refractivity contribution >= 4 is 40.3 Å². The molecule has 3 rings (SSSR count). The van der Waals surface area contributed by atoms with Crippen molar-refractivity contribution < 1.29 is 13.9 Å². The Hall–Kier alpha value is -3.26. The number of nitrogens with two attached hydrogens (primary N) is 1. The molecule has 0 aliphatic heterocycles. The second-order valence-electron chi connectivity index (χ2n) is 5.43. The second kappa shape index (κ2) is 7.96. The van der Waals surface area contributed by atoms with Crippen LogP contribution in [0.3, 0.4) is 0 Å². The highest BCUT2D eigenvalue weighted by Gasteiger charge is 2.14. The first-order valence-corrected chi connectivity index (χ1v) is 8.21. The van der Waals surface area contributed by atoms with Gasteiger partial charge < -0.3 is 25.8 Å². The topological polar surface area (TPSA) is 94.3 Å². The molecule has 0 radical (unpaired) electrons. The Morgan fingerprint density at radius 2 is 1.59 bits per heavy atom. The number of nitrogens with zero attached hydrogens (tertiary/aromatic N) is 2. The van der Waals surface area contributed by atoms with E-state index in [0.717, 1.165) is 0 Å². The Labute approximate surface area is 160 Å². The van der Waals surface area contributed by atoms with E-state index < -0.39 is 0 Å². The average Bonchev–Trinajstić information content (AvgIpc) is 2.67. The van der Waals surface area contributed by atoms with Crippen molar-refractivity contribution in [2.75, 3.05) is 30.6 Å². The predicted molar refractivity (Wildman–Crippen MR) is 104 cm³/mol. The lowest BCUT2D eigenvalue weighted by atomic mass is 10.2. The molecular weight excluding hydrogens is 373 g/mol. The number of anilines is 5. The van der Waals surface area contributed by atoms with Gasteiger partial charge in [0.15, 0.2) is 11.6 Å².